The van der Waals surface area contributed by atoms with Crippen LogP contribution in [0.1, 0.15) is 17.3 Å². The molecule has 1 aromatic heterocycles. The number of morpholine rings is 1. The molecule has 1 unspecified atom stereocenters. The molecule has 2 heterocycles. The van der Waals surface area contributed by atoms with Crippen LogP contribution in [0.25, 0.3) is 0 Å². The summed E-state index contributed by atoms with van der Waals surface area (Å²) >= 11 is 1.27. The summed E-state index contributed by atoms with van der Waals surface area (Å²) in [7, 11) is 0. The van der Waals surface area contributed by atoms with Crippen molar-refractivity contribution in [2.75, 3.05) is 26.3 Å². The van der Waals surface area contributed by atoms with Gasteiger partial charge in [0.25, 0.3) is 0 Å². The molecule has 1 amide bonds. The van der Waals surface area contributed by atoms with Gasteiger partial charge in [-0.3, -0.25) is 4.79 Å². The molecule has 20 heavy (non-hydrogen) atoms. The first-order valence-electron chi connectivity index (χ1n) is 6.30. The second-order valence-corrected chi connectivity index (χ2v) is 5.75. The Hall–Kier alpha value is -1.60. The first kappa shape index (κ1) is 14.8. The van der Waals surface area contributed by atoms with Crippen molar-refractivity contribution in [1.82, 2.24) is 9.88 Å². The highest BCUT2D eigenvalue weighted by molar-refractivity contribution is 8.00. The number of carbonyl (C=O) groups is 2. The third-order valence-electron chi connectivity index (χ3n) is 2.95. The van der Waals surface area contributed by atoms with E-state index in [2.05, 4.69) is 4.98 Å². The number of carboxylic acids is 1. The monoisotopic (exact) mass is 296 g/mol. The summed E-state index contributed by atoms with van der Waals surface area (Å²) in [5.41, 5.74) is 0.175. The molecule has 1 fully saturated rings. The van der Waals surface area contributed by atoms with Gasteiger partial charge in [0.1, 0.15) is 0 Å². The second kappa shape index (κ2) is 6.71. The molecule has 1 N–H and O–H groups in total. The fourth-order valence-corrected chi connectivity index (χ4v) is 2.81. The molecule has 6 nitrogen and oxygen atoms in total. The van der Waals surface area contributed by atoms with Crippen molar-refractivity contribution in [3.8, 4) is 0 Å². The first-order valence-corrected chi connectivity index (χ1v) is 7.18. The summed E-state index contributed by atoms with van der Waals surface area (Å²) in [5.74, 6) is -0.970. The van der Waals surface area contributed by atoms with E-state index in [0.717, 1.165) is 0 Å². The van der Waals surface area contributed by atoms with Crippen molar-refractivity contribution in [2.45, 2.75) is 17.2 Å². The Kier molecular flexibility index (Phi) is 4.97. The van der Waals surface area contributed by atoms with Crippen LogP contribution in [0.4, 0.5) is 0 Å². The Bertz CT molecular complexity index is 503. The molecule has 0 spiro atoms. The van der Waals surface area contributed by atoms with Crippen molar-refractivity contribution in [3.05, 3.63) is 23.9 Å². The van der Waals surface area contributed by atoms with E-state index in [1.165, 1.54) is 30.1 Å². The minimum absolute atomic E-state index is 0.0285. The number of pyridine rings is 1. The Labute approximate surface area is 121 Å². The van der Waals surface area contributed by atoms with Crippen LogP contribution in [-0.2, 0) is 9.53 Å². The van der Waals surface area contributed by atoms with Crippen molar-refractivity contribution < 1.29 is 19.4 Å². The number of ether oxygens (including phenoxy) is 1. The van der Waals surface area contributed by atoms with Crippen LogP contribution in [0, 0.1) is 0 Å². The molecule has 108 valence electrons. The van der Waals surface area contributed by atoms with E-state index < -0.39 is 5.97 Å². The number of nitrogens with zero attached hydrogens (tertiary/aromatic N) is 2. The molecule has 1 aliphatic heterocycles. The molecule has 0 bridgehead atoms. The number of carbonyl (C=O) groups excluding carboxylic acids is 1. The molecule has 1 aliphatic rings. The van der Waals surface area contributed by atoms with Gasteiger partial charge >= 0.3 is 5.97 Å². The zero-order valence-corrected chi connectivity index (χ0v) is 11.9. The maximum Gasteiger partial charge on any atom is 0.335 e. The minimum atomic E-state index is -0.999. The third-order valence-corrected chi connectivity index (χ3v) is 3.97. The van der Waals surface area contributed by atoms with Gasteiger partial charge < -0.3 is 14.7 Å². The molecule has 1 aromatic rings. The summed E-state index contributed by atoms with van der Waals surface area (Å²) in [5, 5.41) is 9.17. The fourth-order valence-electron chi connectivity index (χ4n) is 1.88. The number of aromatic nitrogens is 1. The van der Waals surface area contributed by atoms with Crippen LogP contribution < -0.4 is 0 Å². The summed E-state index contributed by atoms with van der Waals surface area (Å²) < 4.78 is 5.21. The van der Waals surface area contributed by atoms with Crippen LogP contribution in [0.15, 0.2) is 23.4 Å². The van der Waals surface area contributed by atoms with Crippen molar-refractivity contribution in [3.63, 3.8) is 0 Å². The summed E-state index contributed by atoms with van der Waals surface area (Å²) in [4.78, 5) is 29.0. The predicted molar refractivity (Wildman–Crippen MR) is 73.9 cm³/mol. The summed E-state index contributed by atoms with van der Waals surface area (Å²) in [6.07, 6.45) is 1.44. The molecule has 0 saturated carbocycles. The van der Waals surface area contributed by atoms with E-state index in [1.807, 2.05) is 0 Å². The lowest BCUT2D eigenvalue weighted by molar-refractivity contribution is -0.134. The van der Waals surface area contributed by atoms with Gasteiger partial charge in [0.2, 0.25) is 5.91 Å². The quantitative estimate of drug-likeness (QED) is 0.839. The molecular weight excluding hydrogens is 280 g/mol. The Morgan fingerprint density at radius 1 is 1.45 bits per heavy atom. The lowest BCUT2D eigenvalue weighted by Gasteiger charge is -2.28. The lowest BCUT2D eigenvalue weighted by Crippen LogP contribution is -2.44. The van der Waals surface area contributed by atoms with E-state index >= 15 is 0 Å². The molecular formula is C13H16N2O4S. The number of rotatable bonds is 4. The minimum Gasteiger partial charge on any atom is -0.478 e. The van der Waals surface area contributed by atoms with Gasteiger partial charge in [0, 0.05) is 19.3 Å². The van der Waals surface area contributed by atoms with E-state index in [4.69, 9.17) is 9.84 Å². The molecule has 0 aromatic carbocycles. The summed E-state index contributed by atoms with van der Waals surface area (Å²) in [6.45, 7) is 4.14. The van der Waals surface area contributed by atoms with Crippen molar-refractivity contribution in [2.24, 2.45) is 0 Å². The zero-order valence-electron chi connectivity index (χ0n) is 11.1. The van der Waals surface area contributed by atoms with Crippen LogP contribution in [-0.4, -0.2) is 58.4 Å². The third kappa shape index (κ3) is 3.71. The van der Waals surface area contributed by atoms with Gasteiger partial charge in [-0.2, -0.15) is 0 Å². The number of carboxylic acid groups (broad SMARTS) is 1. The molecule has 0 aliphatic carbocycles. The maximum atomic E-state index is 12.2. The Morgan fingerprint density at radius 2 is 2.15 bits per heavy atom. The Morgan fingerprint density at radius 3 is 2.80 bits per heavy atom. The standard InChI is InChI=1S/C13H16N2O4S/c1-9(12(16)15-4-6-19-7-5-15)20-11-8-10(13(17)18)2-3-14-11/h2-3,8-9H,4-7H2,1H3,(H,17,18). The van der Waals surface area contributed by atoms with E-state index in [-0.39, 0.29) is 16.7 Å². The van der Waals surface area contributed by atoms with Crippen LogP contribution in [0.2, 0.25) is 0 Å². The number of hydrogen-bond acceptors (Lipinski definition) is 5. The lowest BCUT2D eigenvalue weighted by atomic mass is 10.3. The number of aromatic carboxylic acids is 1. The highest BCUT2D eigenvalue weighted by atomic mass is 32.2. The average molecular weight is 296 g/mol. The number of amides is 1. The Balaban J connectivity index is 1.99. The van der Waals surface area contributed by atoms with Crippen molar-refractivity contribution >= 4 is 23.6 Å². The molecule has 1 atom stereocenters. The van der Waals surface area contributed by atoms with Gasteiger partial charge in [0.05, 0.1) is 29.1 Å². The highest BCUT2D eigenvalue weighted by Gasteiger charge is 2.23. The molecule has 1 saturated heterocycles. The van der Waals surface area contributed by atoms with E-state index in [0.29, 0.717) is 31.3 Å². The molecule has 0 radical (unpaired) electrons. The zero-order chi connectivity index (χ0) is 14.5. The normalized spacial score (nSPS) is 16.8. The maximum absolute atomic E-state index is 12.2. The van der Waals surface area contributed by atoms with Gasteiger partial charge in [0.15, 0.2) is 0 Å². The average Bonchev–Trinajstić information content (AvgIpc) is 2.47. The van der Waals surface area contributed by atoms with Gasteiger partial charge in [-0.15, -0.1) is 0 Å². The van der Waals surface area contributed by atoms with E-state index in [1.54, 1.807) is 11.8 Å². The van der Waals surface area contributed by atoms with Crippen LogP contribution in [0.5, 0.6) is 0 Å². The molecule has 7 heteroatoms. The largest absolute Gasteiger partial charge is 0.478 e. The summed E-state index contributed by atoms with van der Waals surface area (Å²) in [6, 6.07) is 2.91. The van der Waals surface area contributed by atoms with E-state index in [9.17, 15) is 9.59 Å². The van der Waals surface area contributed by atoms with Crippen LogP contribution >= 0.6 is 11.8 Å². The topological polar surface area (TPSA) is 79.7 Å². The van der Waals surface area contributed by atoms with Crippen molar-refractivity contribution in [1.29, 1.82) is 0 Å². The van der Waals surface area contributed by atoms with Gasteiger partial charge in [-0.05, 0) is 19.1 Å². The smallest absolute Gasteiger partial charge is 0.335 e. The number of thioether (sulfide) groups is 1. The molecule has 2 rings (SSSR count). The first-order chi connectivity index (χ1) is 9.58. The number of hydrogen-bond donors (Lipinski definition) is 1. The van der Waals surface area contributed by atoms with Gasteiger partial charge in [-0.25, -0.2) is 9.78 Å². The second-order valence-electron chi connectivity index (χ2n) is 4.39. The van der Waals surface area contributed by atoms with Gasteiger partial charge in [-0.1, -0.05) is 11.8 Å². The highest BCUT2D eigenvalue weighted by Crippen LogP contribution is 2.23. The fraction of sp³-hybridized carbons (Fsp3) is 0.462. The van der Waals surface area contributed by atoms with Crippen LogP contribution in [0.3, 0.4) is 0 Å². The predicted octanol–water partition coefficient (Wildman–Crippen LogP) is 1.12. The SMILES string of the molecule is CC(Sc1cc(C(=O)O)ccn1)C(=O)N1CCOCC1.